The van der Waals surface area contributed by atoms with Gasteiger partial charge in [0.25, 0.3) is 0 Å². The molecule has 0 spiro atoms. The molecule has 0 aliphatic rings. The van der Waals surface area contributed by atoms with E-state index in [4.69, 9.17) is 4.74 Å². The van der Waals surface area contributed by atoms with Crippen LogP contribution in [0, 0.1) is 17.5 Å². The molecule has 0 aliphatic heterocycles. The van der Waals surface area contributed by atoms with Gasteiger partial charge in [-0.25, -0.2) is 13.2 Å². The van der Waals surface area contributed by atoms with Crippen LogP contribution in [0.1, 0.15) is 13.8 Å². The van der Waals surface area contributed by atoms with E-state index in [1.807, 2.05) is 0 Å². The Balaban J connectivity index is 3.01. The molecule has 13 heavy (non-hydrogen) atoms. The molecule has 0 unspecified atom stereocenters. The Morgan fingerprint density at radius 3 is 2.08 bits per heavy atom. The molecular weight excluding hydrogens is 181 g/mol. The lowest BCUT2D eigenvalue weighted by molar-refractivity contribution is 0.229. The van der Waals surface area contributed by atoms with Crippen molar-refractivity contribution < 1.29 is 17.9 Å². The molecule has 1 aromatic carbocycles. The van der Waals surface area contributed by atoms with Crippen molar-refractivity contribution >= 4 is 0 Å². The lowest BCUT2D eigenvalue weighted by Crippen LogP contribution is -2.07. The Bertz CT molecular complexity index is 310. The minimum absolute atomic E-state index is 0.270. The first-order valence-corrected chi connectivity index (χ1v) is 3.82. The molecule has 1 rings (SSSR count). The van der Waals surface area contributed by atoms with Crippen molar-refractivity contribution in [1.29, 1.82) is 0 Å². The fraction of sp³-hybridized carbons (Fsp3) is 0.333. The zero-order valence-electron chi connectivity index (χ0n) is 7.27. The van der Waals surface area contributed by atoms with E-state index in [9.17, 15) is 13.2 Å². The summed E-state index contributed by atoms with van der Waals surface area (Å²) in [7, 11) is 0. The average molecular weight is 190 g/mol. The van der Waals surface area contributed by atoms with Crippen LogP contribution in [0.4, 0.5) is 13.2 Å². The van der Waals surface area contributed by atoms with Crippen LogP contribution in [0.2, 0.25) is 0 Å². The van der Waals surface area contributed by atoms with Gasteiger partial charge in [0.15, 0.2) is 23.2 Å². The van der Waals surface area contributed by atoms with E-state index in [0.717, 1.165) is 0 Å². The fourth-order valence-electron chi connectivity index (χ4n) is 0.849. The lowest BCUT2D eigenvalue weighted by atomic mass is 10.3. The second-order valence-corrected chi connectivity index (χ2v) is 2.86. The lowest BCUT2D eigenvalue weighted by Gasteiger charge is -2.10. The molecule has 0 amide bonds. The zero-order chi connectivity index (χ0) is 10.0. The van der Waals surface area contributed by atoms with Crippen molar-refractivity contribution in [2.24, 2.45) is 0 Å². The Kier molecular flexibility index (Phi) is 2.80. The number of benzene rings is 1. The van der Waals surface area contributed by atoms with E-state index in [1.54, 1.807) is 13.8 Å². The van der Waals surface area contributed by atoms with Gasteiger partial charge in [0.05, 0.1) is 6.10 Å². The van der Waals surface area contributed by atoms with Crippen LogP contribution in [0.3, 0.4) is 0 Å². The first kappa shape index (κ1) is 9.89. The van der Waals surface area contributed by atoms with Crippen molar-refractivity contribution in [3.05, 3.63) is 29.6 Å². The molecule has 1 aromatic rings. The van der Waals surface area contributed by atoms with Crippen LogP contribution >= 0.6 is 0 Å². The molecule has 1 nitrogen and oxygen atoms in total. The van der Waals surface area contributed by atoms with Gasteiger partial charge in [0.2, 0.25) is 0 Å². The molecule has 0 fully saturated rings. The predicted octanol–water partition coefficient (Wildman–Crippen LogP) is 2.89. The van der Waals surface area contributed by atoms with Gasteiger partial charge >= 0.3 is 0 Å². The van der Waals surface area contributed by atoms with Crippen molar-refractivity contribution in [3.63, 3.8) is 0 Å². The maximum atomic E-state index is 12.9. The smallest absolute Gasteiger partial charge is 0.168 e. The summed E-state index contributed by atoms with van der Waals surface area (Å²) in [5, 5.41) is 0. The van der Waals surface area contributed by atoms with E-state index < -0.39 is 17.5 Å². The summed E-state index contributed by atoms with van der Waals surface area (Å²) in [5.41, 5.74) is 0. The highest BCUT2D eigenvalue weighted by molar-refractivity contribution is 5.26. The number of halogens is 3. The van der Waals surface area contributed by atoms with Crippen LogP contribution in [0.5, 0.6) is 5.75 Å². The fourth-order valence-corrected chi connectivity index (χ4v) is 0.849. The van der Waals surface area contributed by atoms with E-state index in [0.29, 0.717) is 12.1 Å². The van der Waals surface area contributed by atoms with Gasteiger partial charge in [-0.15, -0.1) is 0 Å². The molecule has 72 valence electrons. The van der Waals surface area contributed by atoms with Gasteiger partial charge in [-0.05, 0) is 13.8 Å². The standard InChI is InChI=1S/C9H9F3O/c1-5(2)13-9-4-7(11)6(10)3-8(9)12/h3-5H,1-2H3. The SMILES string of the molecule is CC(C)Oc1cc(F)c(F)cc1F. The molecule has 0 saturated carbocycles. The highest BCUT2D eigenvalue weighted by Crippen LogP contribution is 2.21. The van der Waals surface area contributed by atoms with Crippen LogP contribution in [-0.2, 0) is 0 Å². The molecule has 0 saturated heterocycles. The molecule has 0 bridgehead atoms. The zero-order valence-corrected chi connectivity index (χ0v) is 7.27. The molecule has 0 N–H and O–H groups in total. The maximum Gasteiger partial charge on any atom is 0.168 e. The minimum Gasteiger partial charge on any atom is -0.488 e. The van der Waals surface area contributed by atoms with Crippen molar-refractivity contribution in [3.8, 4) is 5.75 Å². The third kappa shape index (κ3) is 2.37. The molecule has 0 aromatic heterocycles. The predicted molar refractivity (Wildman–Crippen MR) is 42.1 cm³/mol. The van der Waals surface area contributed by atoms with Gasteiger partial charge in [-0.1, -0.05) is 0 Å². The normalized spacial score (nSPS) is 10.6. The summed E-state index contributed by atoms with van der Waals surface area (Å²) in [6.07, 6.45) is -0.278. The average Bonchev–Trinajstić information content (AvgIpc) is 1.99. The number of hydrogen-bond acceptors (Lipinski definition) is 1. The highest BCUT2D eigenvalue weighted by Gasteiger charge is 2.11. The van der Waals surface area contributed by atoms with Crippen LogP contribution in [0.15, 0.2) is 12.1 Å². The molecule has 4 heteroatoms. The Morgan fingerprint density at radius 1 is 1.00 bits per heavy atom. The second kappa shape index (κ2) is 3.68. The Morgan fingerprint density at radius 2 is 1.54 bits per heavy atom. The quantitative estimate of drug-likeness (QED) is 0.651. The van der Waals surface area contributed by atoms with Crippen LogP contribution in [0.25, 0.3) is 0 Å². The first-order valence-electron chi connectivity index (χ1n) is 3.82. The summed E-state index contributed by atoms with van der Waals surface area (Å²) >= 11 is 0. The molecular formula is C9H9F3O. The second-order valence-electron chi connectivity index (χ2n) is 2.86. The van der Waals surface area contributed by atoms with Crippen molar-refractivity contribution in [2.45, 2.75) is 20.0 Å². The van der Waals surface area contributed by atoms with Crippen molar-refractivity contribution in [2.75, 3.05) is 0 Å². The van der Waals surface area contributed by atoms with Crippen LogP contribution in [-0.4, -0.2) is 6.10 Å². The molecule has 0 radical (unpaired) electrons. The highest BCUT2D eigenvalue weighted by atomic mass is 19.2. The van der Waals surface area contributed by atoms with Gasteiger partial charge in [-0.3, -0.25) is 0 Å². The Labute approximate surface area is 74.1 Å². The third-order valence-electron chi connectivity index (χ3n) is 1.34. The van der Waals surface area contributed by atoms with Crippen molar-refractivity contribution in [1.82, 2.24) is 0 Å². The van der Waals surface area contributed by atoms with E-state index in [-0.39, 0.29) is 11.9 Å². The van der Waals surface area contributed by atoms with Gasteiger partial charge in [0.1, 0.15) is 0 Å². The topological polar surface area (TPSA) is 9.23 Å². The van der Waals surface area contributed by atoms with Gasteiger partial charge in [0, 0.05) is 12.1 Å². The summed E-state index contributed by atoms with van der Waals surface area (Å²) in [6, 6.07) is 1.16. The van der Waals surface area contributed by atoms with E-state index in [2.05, 4.69) is 0 Å². The molecule has 0 heterocycles. The molecule has 0 aliphatic carbocycles. The third-order valence-corrected chi connectivity index (χ3v) is 1.34. The largest absolute Gasteiger partial charge is 0.488 e. The van der Waals surface area contributed by atoms with E-state index >= 15 is 0 Å². The first-order chi connectivity index (χ1) is 6.00. The maximum absolute atomic E-state index is 12.9. The summed E-state index contributed by atoms with van der Waals surface area (Å²) < 4.78 is 42.8. The van der Waals surface area contributed by atoms with E-state index in [1.165, 1.54) is 0 Å². The number of ether oxygens (including phenoxy) is 1. The Hall–Kier alpha value is -1.19. The summed E-state index contributed by atoms with van der Waals surface area (Å²) in [5.74, 6) is -3.49. The molecule has 0 atom stereocenters. The van der Waals surface area contributed by atoms with Crippen LogP contribution < -0.4 is 4.74 Å². The minimum atomic E-state index is -1.21. The monoisotopic (exact) mass is 190 g/mol. The number of hydrogen-bond donors (Lipinski definition) is 0. The van der Waals surface area contributed by atoms with Gasteiger partial charge < -0.3 is 4.74 Å². The summed E-state index contributed by atoms with van der Waals surface area (Å²) in [4.78, 5) is 0. The summed E-state index contributed by atoms with van der Waals surface area (Å²) in [6.45, 7) is 3.33. The van der Waals surface area contributed by atoms with Gasteiger partial charge in [-0.2, -0.15) is 0 Å². The number of rotatable bonds is 2.